The Labute approximate surface area is 255 Å². The molecule has 3 aliphatic rings. The lowest BCUT2D eigenvalue weighted by Gasteiger charge is -2.26. The molecule has 18 nitrogen and oxygen atoms in total. The topological polar surface area (TPSA) is 230 Å². The molecule has 0 aliphatic carbocycles. The van der Waals surface area contributed by atoms with E-state index in [1.807, 2.05) is 0 Å². The van der Waals surface area contributed by atoms with Crippen molar-refractivity contribution in [3.05, 3.63) is 41.3 Å². The van der Waals surface area contributed by atoms with Crippen LogP contribution in [0.15, 0.2) is 30.0 Å². The van der Waals surface area contributed by atoms with Crippen LogP contribution in [0.1, 0.15) is 19.4 Å². The maximum Gasteiger partial charge on any atom is 0.472 e. The SMILES string of the molecule is C[C@H]1[C@H]2OP(=O)(O)OC[C@H]3O[C@@H](n4cnc5c(N)ncnc54)[C@H](F)[C@@H]3OP(=O)(S)OC[C@H]1O[C@H]2n1cc(F)c2c(=O)[nH]cnc21. The highest BCUT2D eigenvalue weighted by Crippen LogP contribution is 2.59. The van der Waals surface area contributed by atoms with Crippen LogP contribution in [0.5, 0.6) is 0 Å². The average molecular weight is 692 g/mol. The van der Waals surface area contributed by atoms with Crippen molar-refractivity contribution in [3.63, 3.8) is 0 Å². The fourth-order valence-electron chi connectivity index (χ4n) is 5.60. The molecule has 45 heavy (non-hydrogen) atoms. The minimum Gasteiger partial charge on any atom is -0.382 e. The van der Waals surface area contributed by atoms with Gasteiger partial charge in [0, 0.05) is 12.1 Å². The lowest BCUT2D eigenvalue weighted by atomic mass is 10.0. The van der Waals surface area contributed by atoms with Gasteiger partial charge in [-0.05, 0) is 0 Å². The summed E-state index contributed by atoms with van der Waals surface area (Å²) in [4.78, 5) is 41.3. The highest BCUT2D eigenvalue weighted by molar-refractivity contribution is 8.44. The summed E-state index contributed by atoms with van der Waals surface area (Å²) in [7, 11) is -5.00. The van der Waals surface area contributed by atoms with Gasteiger partial charge in [0.1, 0.15) is 35.5 Å². The number of H-pyrrole nitrogens is 1. The second-order valence-corrected chi connectivity index (χ2v) is 14.8. The van der Waals surface area contributed by atoms with Crippen molar-refractivity contribution in [2.45, 2.75) is 50.0 Å². The molecule has 4 aromatic rings. The standard InChI is InChI=1S/C22H24F2N8O10P2S/c1-8-10-3-38-44(36,45)42-16-11(40-21(13(16)24)32-7-30-14-17(25)26-5-28-19(14)32)4-37-43(34,35)41-15(8)22(39-10)31-2-9(23)12-18(31)27-6-29-20(12)33/h2,5-8,10-11,13,15-16,21-22H,3-4H2,1H3,(H,34,35)(H,36,45)(H2,25,26,28)(H,27,29,33)/t8-,10-,11-,13-,15-,16-,21-,22-,44?/m1/s1. The predicted molar refractivity (Wildman–Crippen MR) is 150 cm³/mol. The Morgan fingerprint density at radius 2 is 1.80 bits per heavy atom. The van der Waals surface area contributed by atoms with Gasteiger partial charge in [0.25, 0.3) is 5.56 Å². The van der Waals surface area contributed by atoms with E-state index in [-0.39, 0.29) is 28.0 Å². The van der Waals surface area contributed by atoms with Crippen molar-refractivity contribution in [3.8, 4) is 0 Å². The Morgan fingerprint density at radius 1 is 1.04 bits per heavy atom. The van der Waals surface area contributed by atoms with Gasteiger partial charge >= 0.3 is 14.6 Å². The second-order valence-electron chi connectivity index (χ2n) is 10.5. The molecule has 0 radical (unpaired) electrons. The van der Waals surface area contributed by atoms with Crippen LogP contribution in [0.3, 0.4) is 0 Å². The van der Waals surface area contributed by atoms with E-state index in [1.165, 1.54) is 10.9 Å². The summed E-state index contributed by atoms with van der Waals surface area (Å²) >= 11 is 4.02. The highest BCUT2D eigenvalue weighted by Gasteiger charge is 2.53. The molecule has 0 saturated carbocycles. The molecule has 2 unspecified atom stereocenters. The number of hydrogen-bond donors (Lipinski definition) is 4. The van der Waals surface area contributed by atoms with Crippen molar-refractivity contribution in [2.24, 2.45) is 5.92 Å². The Balaban J connectivity index is 1.21. The molecule has 3 saturated heterocycles. The number of nitrogens with two attached hydrogens (primary N) is 1. The smallest absolute Gasteiger partial charge is 0.382 e. The number of fused-ring (bicyclic) bond motifs is 5. The van der Waals surface area contributed by atoms with Crippen LogP contribution in [-0.4, -0.2) is 82.7 Å². The zero-order chi connectivity index (χ0) is 31.8. The number of nitrogen functional groups attached to an aromatic ring is 1. The Kier molecular flexibility index (Phi) is 7.63. The maximum atomic E-state index is 16.0. The maximum absolute atomic E-state index is 16.0. The summed E-state index contributed by atoms with van der Waals surface area (Å²) < 4.78 is 93.3. The quantitative estimate of drug-likeness (QED) is 0.174. The van der Waals surface area contributed by atoms with Crippen LogP contribution in [-0.2, 0) is 36.7 Å². The fourth-order valence-corrected chi connectivity index (χ4v) is 8.08. The predicted octanol–water partition coefficient (Wildman–Crippen LogP) is 2.01. The monoisotopic (exact) mass is 692 g/mol. The van der Waals surface area contributed by atoms with E-state index < -0.39 is 88.2 Å². The second kappa shape index (κ2) is 11.2. The third-order valence-corrected chi connectivity index (χ3v) is 10.4. The number of hydrogen-bond acceptors (Lipinski definition) is 14. The molecule has 0 amide bonds. The van der Waals surface area contributed by atoms with Gasteiger partial charge in [0.15, 0.2) is 41.6 Å². The summed E-state index contributed by atoms with van der Waals surface area (Å²) in [5, 5.41) is -0.377. The number of phosphoric acid groups is 1. The molecule has 23 heteroatoms. The van der Waals surface area contributed by atoms with E-state index in [1.54, 1.807) is 6.92 Å². The zero-order valence-electron chi connectivity index (χ0n) is 22.8. The molecular weight excluding hydrogens is 668 g/mol. The van der Waals surface area contributed by atoms with Gasteiger partial charge in [-0.25, -0.2) is 37.8 Å². The lowest BCUT2D eigenvalue weighted by Crippen LogP contribution is -2.34. The number of imidazole rings is 1. The molecule has 0 aromatic carbocycles. The molecule has 4 N–H and O–H groups in total. The summed E-state index contributed by atoms with van der Waals surface area (Å²) in [6, 6.07) is 0. The number of rotatable bonds is 2. The number of alkyl halides is 1. The third kappa shape index (κ3) is 5.40. The van der Waals surface area contributed by atoms with Crippen LogP contribution in [0.2, 0.25) is 0 Å². The van der Waals surface area contributed by atoms with Gasteiger partial charge in [-0.2, -0.15) is 0 Å². The van der Waals surface area contributed by atoms with Crippen molar-refractivity contribution >= 4 is 54.9 Å². The van der Waals surface area contributed by atoms with Gasteiger partial charge in [-0.15, -0.1) is 0 Å². The zero-order valence-corrected chi connectivity index (χ0v) is 25.5. The lowest BCUT2D eigenvalue weighted by molar-refractivity contribution is -0.0628. The van der Waals surface area contributed by atoms with Crippen LogP contribution >= 0.6 is 26.9 Å². The Bertz CT molecular complexity index is 1950. The molecule has 242 valence electrons. The van der Waals surface area contributed by atoms with Crippen molar-refractivity contribution in [1.82, 2.24) is 34.1 Å². The molecule has 3 aliphatic heterocycles. The number of ether oxygens (including phenoxy) is 2. The fraction of sp³-hybridized carbons (Fsp3) is 0.500. The van der Waals surface area contributed by atoms with Gasteiger partial charge in [0.05, 0.1) is 32.0 Å². The molecule has 4 aromatic heterocycles. The summed E-state index contributed by atoms with van der Waals surface area (Å²) in [6.45, 7) is -4.08. The van der Waals surface area contributed by atoms with Gasteiger partial charge in [-0.3, -0.25) is 27.5 Å². The van der Waals surface area contributed by atoms with Crippen LogP contribution in [0, 0.1) is 11.7 Å². The first kappa shape index (κ1) is 30.8. The number of aromatic amines is 1. The highest BCUT2D eigenvalue weighted by atomic mass is 32.7. The molecule has 10 atom stereocenters. The normalized spacial score (nSPS) is 37.7. The van der Waals surface area contributed by atoms with E-state index in [9.17, 15) is 23.2 Å². The molecule has 3 fully saturated rings. The van der Waals surface area contributed by atoms with Gasteiger partial charge < -0.3 is 29.7 Å². The van der Waals surface area contributed by atoms with E-state index in [4.69, 9.17) is 33.3 Å². The molecular formula is C22H24F2N8O10P2S. The van der Waals surface area contributed by atoms with Crippen LogP contribution in [0.25, 0.3) is 22.2 Å². The van der Waals surface area contributed by atoms with Crippen LogP contribution < -0.4 is 11.3 Å². The van der Waals surface area contributed by atoms with Crippen molar-refractivity contribution in [1.29, 1.82) is 0 Å². The number of phosphoric ester groups is 1. The minimum absolute atomic E-state index is 0.0310. The minimum atomic E-state index is -5.00. The van der Waals surface area contributed by atoms with Crippen molar-refractivity contribution < 1.29 is 50.4 Å². The first-order chi connectivity index (χ1) is 21.3. The number of aromatic nitrogens is 7. The van der Waals surface area contributed by atoms with Gasteiger partial charge in [-0.1, -0.05) is 19.2 Å². The first-order valence-corrected chi connectivity index (χ1v) is 17.5. The van der Waals surface area contributed by atoms with E-state index in [0.717, 1.165) is 23.4 Å². The first-order valence-electron chi connectivity index (χ1n) is 13.3. The molecule has 2 bridgehead atoms. The van der Waals surface area contributed by atoms with E-state index in [0.29, 0.717) is 0 Å². The third-order valence-electron chi connectivity index (χ3n) is 7.78. The van der Waals surface area contributed by atoms with E-state index in [2.05, 4.69) is 37.2 Å². The summed E-state index contributed by atoms with van der Waals surface area (Å²) in [6.07, 6.45) is -6.03. The summed E-state index contributed by atoms with van der Waals surface area (Å²) in [5.74, 6) is -1.68. The number of nitrogens with zero attached hydrogens (tertiary/aromatic N) is 6. The number of anilines is 1. The Hall–Kier alpha value is -2.84. The molecule has 7 heterocycles. The molecule has 7 rings (SSSR count). The largest absolute Gasteiger partial charge is 0.472 e. The van der Waals surface area contributed by atoms with Gasteiger partial charge in [0.2, 0.25) is 0 Å². The number of thiol groups is 1. The number of nitrogens with one attached hydrogen (secondary N) is 1. The van der Waals surface area contributed by atoms with E-state index >= 15 is 4.39 Å². The molecule has 0 spiro atoms. The average Bonchev–Trinajstić information content (AvgIpc) is 3.71. The summed E-state index contributed by atoms with van der Waals surface area (Å²) in [5.41, 5.74) is 5.21. The van der Waals surface area contributed by atoms with Crippen molar-refractivity contribution in [2.75, 3.05) is 18.9 Å². The Morgan fingerprint density at radius 3 is 2.60 bits per heavy atom. The van der Waals surface area contributed by atoms with Crippen LogP contribution in [0.4, 0.5) is 14.6 Å². The number of halogens is 2.